The Balaban J connectivity index is 1.49. The van der Waals surface area contributed by atoms with Gasteiger partial charge in [-0.1, -0.05) is 76.3 Å². The zero-order chi connectivity index (χ0) is 18.2. The standard InChI is InChI=1S/C25H36O/c1-3-5-19-26-25-17-15-24(16-18-25)23-13-11-22(12-14-23)21-9-7-20(6-4-2)8-10-21/h11,13-18,20-22H,3-10,12,19H2,1-2H3/t20-,21-,22?. The van der Waals surface area contributed by atoms with Crippen LogP contribution < -0.4 is 4.74 Å². The fourth-order valence-electron chi connectivity index (χ4n) is 4.59. The molecule has 1 saturated carbocycles. The molecule has 0 saturated heterocycles. The molecule has 1 heteroatoms. The zero-order valence-corrected chi connectivity index (χ0v) is 16.8. The highest BCUT2D eigenvalue weighted by molar-refractivity contribution is 5.75. The van der Waals surface area contributed by atoms with Gasteiger partial charge >= 0.3 is 0 Å². The van der Waals surface area contributed by atoms with Crippen molar-refractivity contribution in [2.24, 2.45) is 17.8 Å². The van der Waals surface area contributed by atoms with E-state index in [9.17, 15) is 0 Å². The number of benzene rings is 1. The second kappa shape index (κ2) is 10.00. The van der Waals surface area contributed by atoms with Gasteiger partial charge in [0.25, 0.3) is 0 Å². The van der Waals surface area contributed by atoms with Crippen LogP contribution in [0.5, 0.6) is 5.75 Å². The lowest BCUT2D eigenvalue weighted by molar-refractivity contribution is 0.221. The van der Waals surface area contributed by atoms with Gasteiger partial charge in [-0.2, -0.15) is 0 Å². The molecule has 3 rings (SSSR count). The third-order valence-electron chi connectivity index (χ3n) is 6.28. The molecule has 0 N–H and O–H groups in total. The highest BCUT2D eigenvalue weighted by atomic mass is 16.5. The maximum atomic E-state index is 5.77. The van der Waals surface area contributed by atoms with E-state index in [2.05, 4.69) is 56.3 Å². The molecule has 0 heterocycles. The Labute approximate surface area is 160 Å². The summed E-state index contributed by atoms with van der Waals surface area (Å²) in [7, 11) is 0. The van der Waals surface area contributed by atoms with E-state index in [0.29, 0.717) is 0 Å². The van der Waals surface area contributed by atoms with Crippen molar-refractivity contribution < 1.29 is 4.74 Å². The molecule has 0 radical (unpaired) electrons. The largest absolute Gasteiger partial charge is 0.494 e. The molecular formula is C25H36O. The van der Waals surface area contributed by atoms with Gasteiger partial charge in [-0.15, -0.1) is 0 Å². The molecule has 1 aromatic carbocycles. The van der Waals surface area contributed by atoms with Crippen molar-refractivity contribution in [1.29, 1.82) is 0 Å². The molecule has 0 aliphatic heterocycles. The first-order valence-corrected chi connectivity index (χ1v) is 10.9. The summed E-state index contributed by atoms with van der Waals surface area (Å²) in [4.78, 5) is 0. The van der Waals surface area contributed by atoms with Gasteiger partial charge in [-0.05, 0) is 66.7 Å². The van der Waals surface area contributed by atoms with E-state index in [1.165, 1.54) is 62.5 Å². The summed E-state index contributed by atoms with van der Waals surface area (Å²) < 4.78 is 5.77. The number of unbranched alkanes of at least 4 members (excludes halogenated alkanes) is 1. The molecule has 0 amide bonds. The first kappa shape index (κ1) is 19.3. The molecule has 2 aliphatic carbocycles. The van der Waals surface area contributed by atoms with Gasteiger partial charge in [0.1, 0.15) is 5.75 Å². The van der Waals surface area contributed by atoms with Crippen molar-refractivity contribution in [3.63, 3.8) is 0 Å². The van der Waals surface area contributed by atoms with Crippen LogP contribution in [0.2, 0.25) is 0 Å². The van der Waals surface area contributed by atoms with Crippen molar-refractivity contribution in [2.45, 2.75) is 71.6 Å². The van der Waals surface area contributed by atoms with Crippen LogP contribution in [-0.4, -0.2) is 6.61 Å². The molecule has 0 bridgehead atoms. The highest BCUT2D eigenvalue weighted by Crippen LogP contribution is 2.39. The van der Waals surface area contributed by atoms with E-state index >= 15 is 0 Å². The van der Waals surface area contributed by atoms with Crippen molar-refractivity contribution in [3.05, 3.63) is 48.1 Å². The maximum Gasteiger partial charge on any atom is 0.119 e. The van der Waals surface area contributed by atoms with Crippen LogP contribution >= 0.6 is 0 Å². The minimum absolute atomic E-state index is 0.762. The third kappa shape index (κ3) is 5.25. The average molecular weight is 353 g/mol. The van der Waals surface area contributed by atoms with Gasteiger partial charge in [0.2, 0.25) is 0 Å². The van der Waals surface area contributed by atoms with Crippen LogP contribution in [0.1, 0.15) is 77.2 Å². The molecule has 1 nitrogen and oxygen atoms in total. The van der Waals surface area contributed by atoms with Crippen molar-refractivity contribution >= 4 is 5.57 Å². The Morgan fingerprint density at radius 1 is 0.962 bits per heavy atom. The van der Waals surface area contributed by atoms with Crippen molar-refractivity contribution in [2.75, 3.05) is 6.61 Å². The topological polar surface area (TPSA) is 9.23 Å². The molecule has 2 aliphatic rings. The normalized spacial score (nSPS) is 25.8. The minimum atomic E-state index is 0.762. The summed E-state index contributed by atoms with van der Waals surface area (Å²) in [6.07, 6.45) is 19.4. The Morgan fingerprint density at radius 2 is 1.73 bits per heavy atom. The Hall–Kier alpha value is -1.50. The van der Waals surface area contributed by atoms with E-state index in [4.69, 9.17) is 4.74 Å². The fourth-order valence-corrected chi connectivity index (χ4v) is 4.59. The van der Waals surface area contributed by atoms with Crippen LogP contribution in [0.15, 0.2) is 42.5 Å². The first-order chi connectivity index (χ1) is 12.8. The van der Waals surface area contributed by atoms with E-state index < -0.39 is 0 Å². The second-order valence-corrected chi connectivity index (χ2v) is 8.21. The molecule has 142 valence electrons. The third-order valence-corrected chi connectivity index (χ3v) is 6.28. The average Bonchev–Trinajstić information content (AvgIpc) is 2.70. The summed E-state index contributed by atoms with van der Waals surface area (Å²) >= 11 is 0. The smallest absolute Gasteiger partial charge is 0.119 e. The SMILES string of the molecule is CCCCOc1ccc(C2=CCC([C@H]3CC[C@H](CCC)CC3)C=C2)cc1. The van der Waals surface area contributed by atoms with E-state index in [-0.39, 0.29) is 0 Å². The van der Waals surface area contributed by atoms with E-state index in [1.54, 1.807) is 0 Å². The fraction of sp³-hybridized carbons (Fsp3) is 0.600. The van der Waals surface area contributed by atoms with Gasteiger partial charge in [-0.3, -0.25) is 0 Å². The van der Waals surface area contributed by atoms with Crippen LogP contribution in [-0.2, 0) is 0 Å². The molecule has 1 aromatic rings. The molecular weight excluding hydrogens is 316 g/mol. The summed E-state index contributed by atoms with van der Waals surface area (Å²) in [5, 5.41) is 0. The molecule has 0 spiro atoms. The predicted octanol–water partition coefficient (Wildman–Crippen LogP) is 7.43. The molecule has 1 atom stereocenters. The first-order valence-electron chi connectivity index (χ1n) is 10.9. The van der Waals surface area contributed by atoms with Crippen LogP contribution in [0.25, 0.3) is 5.57 Å². The summed E-state index contributed by atoms with van der Waals surface area (Å²) in [5.41, 5.74) is 2.69. The van der Waals surface area contributed by atoms with Gasteiger partial charge in [0.15, 0.2) is 0 Å². The Kier molecular flexibility index (Phi) is 7.41. The van der Waals surface area contributed by atoms with E-state index in [0.717, 1.165) is 36.5 Å². The number of allylic oxidation sites excluding steroid dienone is 4. The quantitative estimate of drug-likeness (QED) is 0.442. The number of hydrogen-bond donors (Lipinski definition) is 0. The van der Waals surface area contributed by atoms with Crippen molar-refractivity contribution in [1.82, 2.24) is 0 Å². The lowest BCUT2D eigenvalue weighted by atomic mass is 9.72. The Morgan fingerprint density at radius 3 is 2.35 bits per heavy atom. The summed E-state index contributed by atoms with van der Waals surface area (Å²) in [6.45, 7) is 5.34. The van der Waals surface area contributed by atoms with Gasteiger partial charge in [-0.25, -0.2) is 0 Å². The lowest BCUT2D eigenvalue weighted by Crippen LogP contribution is -2.21. The number of ether oxygens (including phenoxy) is 1. The van der Waals surface area contributed by atoms with Gasteiger partial charge in [0.05, 0.1) is 6.61 Å². The second-order valence-electron chi connectivity index (χ2n) is 8.21. The highest BCUT2D eigenvalue weighted by Gasteiger charge is 2.26. The van der Waals surface area contributed by atoms with Crippen LogP contribution in [0.3, 0.4) is 0 Å². The summed E-state index contributed by atoms with van der Waals surface area (Å²) in [5.74, 6) is 3.67. The van der Waals surface area contributed by atoms with Crippen LogP contribution in [0.4, 0.5) is 0 Å². The molecule has 1 unspecified atom stereocenters. The molecule has 26 heavy (non-hydrogen) atoms. The predicted molar refractivity (Wildman–Crippen MR) is 112 cm³/mol. The van der Waals surface area contributed by atoms with Crippen molar-refractivity contribution in [3.8, 4) is 5.75 Å². The number of rotatable bonds is 8. The van der Waals surface area contributed by atoms with Gasteiger partial charge < -0.3 is 4.74 Å². The van der Waals surface area contributed by atoms with E-state index in [1.807, 2.05) is 0 Å². The van der Waals surface area contributed by atoms with Gasteiger partial charge in [0, 0.05) is 0 Å². The summed E-state index contributed by atoms with van der Waals surface area (Å²) in [6, 6.07) is 8.63. The molecule has 1 fully saturated rings. The maximum absolute atomic E-state index is 5.77. The lowest BCUT2D eigenvalue weighted by Gasteiger charge is -2.33. The Bertz CT molecular complexity index is 587. The molecule has 0 aromatic heterocycles. The number of hydrogen-bond acceptors (Lipinski definition) is 1. The monoisotopic (exact) mass is 352 g/mol. The zero-order valence-electron chi connectivity index (χ0n) is 16.8. The van der Waals surface area contributed by atoms with Crippen LogP contribution in [0, 0.1) is 17.8 Å². The minimum Gasteiger partial charge on any atom is -0.494 e.